The maximum Gasteiger partial charge on any atom is 0.228 e. The molecule has 12 heavy (non-hydrogen) atoms. The van der Waals surface area contributed by atoms with Crippen molar-refractivity contribution in [2.45, 2.75) is 33.2 Å². The molecule has 0 spiro atoms. The predicted octanol–water partition coefficient (Wildman–Crippen LogP) is 1.63. The van der Waals surface area contributed by atoms with E-state index in [2.05, 4.69) is 0 Å². The number of hydrogen-bond acceptors (Lipinski definition) is 2. The third-order valence-corrected chi connectivity index (χ3v) is 3.94. The van der Waals surface area contributed by atoms with Crippen LogP contribution in [-0.2, 0) is 10.0 Å². The summed E-state index contributed by atoms with van der Waals surface area (Å²) in [6, 6.07) is -0.00583. The van der Waals surface area contributed by atoms with Gasteiger partial charge in [0.05, 0.1) is 0 Å². The van der Waals surface area contributed by atoms with Crippen LogP contribution in [-0.4, -0.2) is 30.5 Å². The fourth-order valence-electron chi connectivity index (χ4n) is 1.00. The third-order valence-electron chi connectivity index (χ3n) is 1.52. The number of alkyl halides is 1. The van der Waals surface area contributed by atoms with Crippen LogP contribution < -0.4 is 0 Å². The zero-order valence-electron chi connectivity index (χ0n) is 7.75. The summed E-state index contributed by atoms with van der Waals surface area (Å²) in [5, 5.41) is -0.328. The van der Waals surface area contributed by atoms with E-state index in [-0.39, 0.29) is 11.3 Å². The van der Waals surface area contributed by atoms with Gasteiger partial charge in [0.2, 0.25) is 10.0 Å². The molecule has 0 aromatic rings. The maximum atomic E-state index is 11.3. The Kier molecular flexibility index (Phi) is 5.13. The lowest BCUT2D eigenvalue weighted by molar-refractivity contribution is 0.356. The van der Waals surface area contributed by atoms with E-state index in [1.165, 1.54) is 4.31 Å². The normalized spacial score (nSPS) is 12.8. The van der Waals surface area contributed by atoms with Gasteiger partial charge in [0.15, 0.2) is 0 Å². The largest absolute Gasteiger partial charge is 0.228 e. The smallest absolute Gasteiger partial charge is 0.211 e. The molecule has 0 heterocycles. The Bertz CT molecular complexity index is 213. The molecule has 0 saturated heterocycles. The van der Waals surface area contributed by atoms with E-state index in [1.807, 2.05) is 20.8 Å². The lowest BCUT2D eigenvalue weighted by atomic mass is 10.4. The Balaban J connectivity index is 4.51. The molecule has 0 aromatic carbocycles. The molecule has 5 heteroatoms. The first-order valence-corrected chi connectivity index (χ1v) is 6.15. The molecular formula is C7H16ClNO2S. The first-order chi connectivity index (χ1) is 5.45. The lowest BCUT2D eigenvalue weighted by Gasteiger charge is -2.23. The highest BCUT2D eigenvalue weighted by atomic mass is 35.5. The molecule has 0 amide bonds. The van der Waals surface area contributed by atoms with Crippen molar-refractivity contribution < 1.29 is 8.42 Å². The Morgan fingerprint density at radius 1 is 1.42 bits per heavy atom. The number of rotatable bonds is 5. The van der Waals surface area contributed by atoms with Crippen LogP contribution >= 0.6 is 11.6 Å². The Morgan fingerprint density at radius 3 is 2.17 bits per heavy atom. The molecule has 0 rings (SSSR count). The van der Waals surface area contributed by atoms with Crippen molar-refractivity contribution in [1.82, 2.24) is 4.31 Å². The SMILES string of the molecule is CCCN(C(C)C)S(=O)(=O)CCl. The van der Waals surface area contributed by atoms with Crippen LogP contribution in [0.2, 0.25) is 0 Å². The van der Waals surface area contributed by atoms with Crippen LogP contribution in [0.25, 0.3) is 0 Å². The second-order valence-electron chi connectivity index (χ2n) is 2.93. The van der Waals surface area contributed by atoms with Gasteiger partial charge >= 0.3 is 0 Å². The molecule has 0 atom stereocenters. The van der Waals surface area contributed by atoms with Gasteiger partial charge in [0, 0.05) is 12.6 Å². The summed E-state index contributed by atoms with van der Waals surface area (Å²) in [5.41, 5.74) is 0. The van der Waals surface area contributed by atoms with E-state index >= 15 is 0 Å². The van der Waals surface area contributed by atoms with Gasteiger partial charge in [-0.15, -0.1) is 11.6 Å². The summed E-state index contributed by atoms with van der Waals surface area (Å²) < 4.78 is 24.1. The van der Waals surface area contributed by atoms with Gasteiger partial charge in [-0.1, -0.05) is 6.92 Å². The van der Waals surface area contributed by atoms with Crippen LogP contribution in [0.3, 0.4) is 0 Å². The van der Waals surface area contributed by atoms with Gasteiger partial charge < -0.3 is 0 Å². The summed E-state index contributed by atoms with van der Waals surface area (Å²) >= 11 is 5.34. The van der Waals surface area contributed by atoms with Crippen molar-refractivity contribution in [3.8, 4) is 0 Å². The van der Waals surface area contributed by atoms with E-state index in [0.717, 1.165) is 6.42 Å². The summed E-state index contributed by atoms with van der Waals surface area (Å²) in [5.74, 6) is 0. The van der Waals surface area contributed by atoms with E-state index in [0.29, 0.717) is 6.54 Å². The molecule has 3 nitrogen and oxygen atoms in total. The fourth-order valence-corrected chi connectivity index (χ4v) is 2.61. The summed E-state index contributed by atoms with van der Waals surface area (Å²) in [6.07, 6.45) is 0.814. The number of halogens is 1. The van der Waals surface area contributed by atoms with Gasteiger partial charge in [-0.2, -0.15) is 4.31 Å². The Hall–Kier alpha value is 0.200. The van der Waals surface area contributed by atoms with Crippen LogP contribution in [0, 0.1) is 0 Å². The fraction of sp³-hybridized carbons (Fsp3) is 1.00. The molecule has 0 bridgehead atoms. The molecule has 0 aliphatic heterocycles. The predicted molar refractivity (Wildman–Crippen MR) is 51.8 cm³/mol. The van der Waals surface area contributed by atoms with E-state index < -0.39 is 10.0 Å². The zero-order chi connectivity index (χ0) is 9.78. The zero-order valence-corrected chi connectivity index (χ0v) is 9.32. The van der Waals surface area contributed by atoms with Crippen molar-refractivity contribution in [2.24, 2.45) is 0 Å². The molecule has 0 saturated carbocycles. The molecule has 0 aliphatic rings. The Morgan fingerprint density at radius 2 is 1.92 bits per heavy atom. The molecule has 74 valence electrons. The quantitative estimate of drug-likeness (QED) is 0.652. The highest BCUT2D eigenvalue weighted by Crippen LogP contribution is 2.09. The molecule has 0 unspecified atom stereocenters. The minimum Gasteiger partial charge on any atom is -0.211 e. The van der Waals surface area contributed by atoms with Gasteiger partial charge in [0.25, 0.3) is 0 Å². The van der Waals surface area contributed by atoms with Gasteiger partial charge in [-0.05, 0) is 20.3 Å². The number of hydrogen-bond donors (Lipinski definition) is 0. The van der Waals surface area contributed by atoms with Gasteiger partial charge in [0.1, 0.15) is 5.21 Å². The maximum absolute atomic E-state index is 11.3. The van der Waals surface area contributed by atoms with Crippen molar-refractivity contribution in [1.29, 1.82) is 0 Å². The van der Waals surface area contributed by atoms with Gasteiger partial charge in [-0.3, -0.25) is 0 Å². The van der Waals surface area contributed by atoms with E-state index in [9.17, 15) is 8.42 Å². The average Bonchev–Trinajstić information content (AvgIpc) is 1.99. The highest BCUT2D eigenvalue weighted by Gasteiger charge is 2.22. The third kappa shape index (κ3) is 3.29. The van der Waals surface area contributed by atoms with Crippen molar-refractivity contribution in [3.63, 3.8) is 0 Å². The van der Waals surface area contributed by atoms with Crippen LogP contribution in [0.5, 0.6) is 0 Å². The summed E-state index contributed by atoms with van der Waals surface area (Å²) in [7, 11) is -3.22. The molecule has 0 aromatic heterocycles. The Labute approximate surface area is 79.8 Å². The van der Waals surface area contributed by atoms with Crippen molar-refractivity contribution in [2.75, 3.05) is 11.8 Å². The van der Waals surface area contributed by atoms with Crippen molar-refractivity contribution in [3.05, 3.63) is 0 Å². The first kappa shape index (κ1) is 12.2. The molecule has 0 radical (unpaired) electrons. The molecule has 0 aliphatic carbocycles. The van der Waals surface area contributed by atoms with E-state index in [1.54, 1.807) is 0 Å². The summed E-state index contributed by atoms with van der Waals surface area (Å²) in [4.78, 5) is 0. The first-order valence-electron chi connectivity index (χ1n) is 4.01. The number of sulfonamides is 1. The van der Waals surface area contributed by atoms with E-state index in [4.69, 9.17) is 11.6 Å². The molecule has 0 fully saturated rings. The average molecular weight is 214 g/mol. The van der Waals surface area contributed by atoms with Gasteiger partial charge in [-0.25, -0.2) is 8.42 Å². The second kappa shape index (κ2) is 5.04. The minimum atomic E-state index is -3.22. The highest BCUT2D eigenvalue weighted by molar-refractivity contribution is 7.90. The van der Waals surface area contributed by atoms with Crippen LogP contribution in [0.1, 0.15) is 27.2 Å². The second-order valence-corrected chi connectivity index (χ2v) is 5.43. The standard InChI is InChI=1S/C7H16ClNO2S/c1-4-5-9(7(2)3)12(10,11)6-8/h7H,4-6H2,1-3H3. The molecule has 0 N–H and O–H groups in total. The summed E-state index contributed by atoms with van der Waals surface area (Å²) in [6.45, 7) is 6.19. The lowest BCUT2D eigenvalue weighted by Crippen LogP contribution is -2.38. The molecular weight excluding hydrogens is 198 g/mol. The van der Waals surface area contributed by atoms with Crippen molar-refractivity contribution >= 4 is 21.6 Å². The monoisotopic (exact) mass is 213 g/mol. The topological polar surface area (TPSA) is 37.4 Å². The van der Waals surface area contributed by atoms with Crippen LogP contribution in [0.4, 0.5) is 0 Å². The van der Waals surface area contributed by atoms with Crippen LogP contribution in [0.15, 0.2) is 0 Å². The number of nitrogens with zero attached hydrogens (tertiary/aromatic N) is 1. The minimum absolute atomic E-state index is 0.00583.